The van der Waals surface area contributed by atoms with Crippen LogP contribution in [-0.4, -0.2) is 29.3 Å². The van der Waals surface area contributed by atoms with Crippen molar-refractivity contribution in [1.29, 1.82) is 0 Å². The highest BCUT2D eigenvalue weighted by molar-refractivity contribution is 5.94. The molecule has 0 saturated heterocycles. The van der Waals surface area contributed by atoms with Crippen LogP contribution in [0.15, 0.2) is 30.3 Å². The molecule has 0 atom stereocenters. The summed E-state index contributed by atoms with van der Waals surface area (Å²) in [4.78, 5) is 11.8. The van der Waals surface area contributed by atoms with Gasteiger partial charge in [0.15, 0.2) is 5.69 Å². The van der Waals surface area contributed by atoms with Gasteiger partial charge >= 0.3 is 0 Å². The highest BCUT2D eigenvalue weighted by Gasteiger charge is 2.20. The Morgan fingerprint density at radius 3 is 2.63 bits per heavy atom. The molecule has 0 unspecified atom stereocenters. The van der Waals surface area contributed by atoms with E-state index in [9.17, 15) is 4.79 Å². The molecule has 2 rings (SSSR count). The first-order valence-electron chi connectivity index (χ1n) is 6.19. The molecular weight excluding hydrogens is 242 g/mol. The minimum absolute atomic E-state index is 0.215. The third-order valence-electron chi connectivity index (χ3n) is 2.79. The van der Waals surface area contributed by atoms with Crippen LogP contribution in [0.3, 0.4) is 0 Å². The molecule has 1 amide bonds. The van der Waals surface area contributed by atoms with E-state index < -0.39 is 0 Å². The first-order chi connectivity index (χ1) is 9.19. The topological polar surface area (TPSA) is 56.1 Å². The molecule has 0 saturated carbocycles. The second-order valence-electron chi connectivity index (χ2n) is 4.04. The summed E-state index contributed by atoms with van der Waals surface area (Å²) in [7, 11) is 1.59. The number of amides is 1. The molecule has 0 spiro atoms. The molecule has 0 aliphatic carbocycles. The Balaban J connectivity index is 2.56. The molecule has 1 N–H and O–H groups in total. The number of carbonyl (C=O) groups excluding carboxylic acids is 1. The summed E-state index contributed by atoms with van der Waals surface area (Å²) in [6.45, 7) is 4.26. The number of aromatic nitrogens is 2. The number of benzene rings is 1. The van der Waals surface area contributed by atoms with Gasteiger partial charge in [-0.2, -0.15) is 5.10 Å². The van der Waals surface area contributed by atoms with Crippen LogP contribution in [0, 0.1) is 6.92 Å². The summed E-state index contributed by atoms with van der Waals surface area (Å²) in [5, 5.41) is 6.93. The van der Waals surface area contributed by atoms with Gasteiger partial charge in [0.1, 0.15) is 0 Å². The first kappa shape index (κ1) is 13.1. The average molecular weight is 259 g/mol. The van der Waals surface area contributed by atoms with Crippen LogP contribution in [0.25, 0.3) is 5.69 Å². The Kier molecular flexibility index (Phi) is 3.85. The van der Waals surface area contributed by atoms with E-state index >= 15 is 0 Å². The third-order valence-corrected chi connectivity index (χ3v) is 2.79. The molecule has 0 bridgehead atoms. The van der Waals surface area contributed by atoms with E-state index in [1.165, 1.54) is 0 Å². The molecule has 5 nitrogen and oxygen atoms in total. The summed E-state index contributed by atoms with van der Waals surface area (Å²) in [6.07, 6.45) is 0. The highest BCUT2D eigenvalue weighted by Crippen LogP contribution is 2.25. The van der Waals surface area contributed by atoms with E-state index in [4.69, 9.17) is 4.74 Å². The predicted molar refractivity (Wildman–Crippen MR) is 72.9 cm³/mol. The van der Waals surface area contributed by atoms with Gasteiger partial charge < -0.3 is 10.1 Å². The molecule has 0 fully saturated rings. The van der Waals surface area contributed by atoms with Crippen molar-refractivity contribution in [3.05, 3.63) is 41.6 Å². The Morgan fingerprint density at radius 1 is 1.37 bits per heavy atom. The van der Waals surface area contributed by atoms with Crippen LogP contribution in [0.4, 0.5) is 0 Å². The molecule has 0 radical (unpaired) electrons. The smallest absolute Gasteiger partial charge is 0.271 e. The van der Waals surface area contributed by atoms with Gasteiger partial charge in [0.05, 0.1) is 12.3 Å². The second-order valence-corrected chi connectivity index (χ2v) is 4.04. The summed E-state index contributed by atoms with van der Waals surface area (Å²) in [5.41, 5.74) is 1.99. The molecular formula is C14H17N3O2. The van der Waals surface area contributed by atoms with E-state index in [1.54, 1.807) is 11.7 Å². The van der Waals surface area contributed by atoms with Crippen molar-refractivity contribution < 1.29 is 9.53 Å². The lowest BCUT2D eigenvalue weighted by Gasteiger charge is -2.08. The maximum absolute atomic E-state index is 11.8. The number of hydrogen-bond donors (Lipinski definition) is 1. The zero-order chi connectivity index (χ0) is 13.8. The summed E-state index contributed by atoms with van der Waals surface area (Å²) < 4.78 is 7.27. The van der Waals surface area contributed by atoms with E-state index in [-0.39, 0.29) is 5.91 Å². The number of nitrogens with one attached hydrogen (secondary N) is 1. The van der Waals surface area contributed by atoms with Gasteiger partial charge in [0.25, 0.3) is 5.91 Å². The van der Waals surface area contributed by atoms with E-state index in [0.29, 0.717) is 18.2 Å². The number of nitrogens with zero attached hydrogens (tertiary/aromatic N) is 2. The van der Waals surface area contributed by atoms with Gasteiger partial charge in [-0.15, -0.1) is 0 Å². The Hall–Kier alpha value is -2.30. The average Bonchev–Trinajstić information content (AvgIpc) is 2.77. The van der Waals surface area contributed by atoms with Crippen molar-refractivity contribution in [1.82, 2.24) is 15.1 Å². The molecule has 19 heavy (non-hydrogen) atoms. The third kappa shape index (κ3) is 2.45. The van der Waals surface area contributed by atoms with Crippen molar-refractivity contribution in [3.63, 3.8) is 0 Å². The lowest BCUT2D eigenvalue weighted by molar-refractivity contribution is 0.0957. The van der Waals surface area contributed by atoms with Gasteiger partial charge in [0, 0.05) is 12.6 Å². The Labute approximate surface area is 112 Å². The summed E-state index contributed by atoms with van der Waals surface area (Å²) >= 11 is 0. The van der Waals surface area contributed by atoms with Crippen LogP contribution in [-0.2, 0) is 0 Å². The molecule has 100 valence electrons. The van der Waals surface area contributed by atoms with Crippen LogP contribution < -0.4 is 10.1 Å². The Morgan fingerprint density at radius 2 is 2.05 bits per heavy atom. The SMILES string of the molecule is CCOc1c(C)c(C(=O)NC)nn1-c1ccccc1. The first-order valence-corrected chi connectivity index (χ1v) is 6.19. The predicted octanol–water partition coefficient (Wildman–Crippen LogP) is 1.94. The number of rotatable bonds is 4. The molecule has 0 aliphatic rings. The minimum atomic E-state index is -0.215. The van der Waals surface area contributed by atoms with Gasteiger partial charge in [0.2, 0.25) is 5.88 Å². The van der Waals surface area contributed by atoms with E-state index in [0.717, 1.165) is 11.3 Å². The maximum atomic E-state index is 11.8. The van der Waals surface area contributed by atoms with E-state index in [2.05, 4.69) is 10.4 Å². The summed E-state index contributed by atoms with van der Waals surface area (Å²) in [6, 6.07) is 9.61. The van der Waals surface area contributed by atoms with Crippen LogP contribution >= 0.6 is 0 Å². The van der Waals surface area contributed by atoms with Gasteiger partial charge in [-0.25, -0.2) is 4.68 Å². The normalized spacial score (nSPS) is 10.3. The zero-order valence-electron chi connectivity index (χ0n) is 11.3. The van der Waals surface area contributed by atoms with Gasteiger partial charge in [-0.05, 0) is 26.0 Å². The highest BCUT2D eigenvalue weighted by atomic mass is 16.5. The maximum Gasteiger partial charge on any atom is 0.271 e. The summed E-state index contributed by atoms with van der Waals surface area (Å²) in [5.74, 6) is 0.389. The number of carbonyl (C=O) groups is 1. The number of para-hydroxylation sites is 1. The molecule has 1 aromatic carbocycles. The number of hydrogen-bond acceptors (Lipinski definition) is 3. The molecule has 5 heteroatoms. The van der Waals surface area contributed by atoms with Crippen molar-refractivity contribution in [2.24, 2.45) is 0 Å². The molecule has 2 aromatic rings. The van der Waals surface area contributed by atoms with Crippen LogP contribution in [0.5, 0.6) is 5.88 Å². The largest absolute Gasteiger partial charge is 0.478 e. The molecule has 1 aromatic heterocycles. The van der Waals surface area contributed by atoms with Crippen LogP contribution in [0.2, 0.25) is 0 Å². The van der Waals surface area contributed by atoms with Crippen molar-refractivity contribution in [2.75, 3.05) is 13.7 Å². The van der Waals surface area contributed by atoms with Crippen LogP contribution in [0.1, 0.15) is 23.0 Å². The second kappa shape index (κ2) is 5.56. The molecule has 1 heterocycles. The standard InChI is InChI=1S/C14H17N3O2/c1-4-19-14-10(2)12(13(18)15-3)16-17(14)11-8-6-5-7-9-11/h5-9H,4H2,1-3H3,(H,15,18). The van der Waals surface area contributed by atoms with Crippen molar-refractivity contribution in [2.45, 2.75) is 13.8 Å². The fourth-order valence-electron chi connectivity index (χ4n) is 1.86. The quantitative estimate of drug-likeness (QED) is 0.913. The lowest BCUT2D eigenvalue weighted by Crippen LogP contribution is -2.19. The van der Waals surface area contributed by atoms with E-state index in [1.807, 2.05) is 44.2 Å². The Bertz CT molecular complexity index is 576. The molecule has 0 aliphatic heterocycles. The zero-order valence-corrected chi connectivity index (χ0v) is 11.3. The lowest BCUT2D eigenvalue weighted by atomic mass is 10.2. The minimum Gasteiger partial charge on any atom is -0.478 e. The monoisotopic (exact) mass is 259 g/mol. The van der Waals surface area contributed by atoms with Gasteiger partial charge in [-0.3, -0.25) is 4.79 Å². The van der Waals surface area contributed by atoms with Crippen molar-refractivity contribution >= 4 is 5.91 Å². The fourth-order valence-corrected chi connectivity index (χ4v) is 1.86. The number of ether oxygens (including phenoxy) is 1. The van der Waals surface area contributed by atoms with Crippen molar-refractivity contribution in [3.8, 4) is 11.6 Å². The fraction of sp³-hybridized carbons (Fsp3) is 0.286. The van der Waals surface area contributed by atoms with Gasteiger partial charge in [-0.1, -0.05) is 18.2 Å².